The van der Waals surface area contributed by atoms with E-state index < -0.39 is 0 Å². The van der Waals surface area contributed by atoms with Gasteiger partial charge in [0.2, 0.25) is 0 Å². The summed E-state index contributed by atoms with van der Waals surface area (Å²) < 4.78 is 5.29. The first-order valence-corrected chi connectivity index (χ1v) is 3.40. The summed E-state index contributed by atoms with van der Waals surface area (Å²) in [5.74, 6) is 1.13. The molecule has 9 heavy (non-hydrogen) atoms. The standard InChI is InChI=1S/C8H12O/c1-2-5-8-6-3-4-7-9-8/h3-5H,2,6-7H2,1H3/b8-5-. The van der Waals surface area contributed by atoms with E-state index in [1.165, 1.54) is 0 Å². The van der Waals surface area contributed by atoms with Gasteiger partial charge in [-0.1, -0.05) is 19.1 Å². The zero-order valence-electron chi connectivity index (χ0n) is 5.76. The van der Waals surface area contributed by atoms with Crippen molar-refractivity contribution in [2.75, 3.05) is 6.61 Å². The van der Waals surface area contributed by atoms with Crippen LogP contribution in [0.25, 0.3) is 0 Å². The number of hydrogen-bond acceptors (Lipinski definition) is 1. The Bertz CT molecular complexity index is 134. The summed E-state index contributed by atoms with van der Waals surface area (Å²) in [6.45, 7) is 2.88. The van der Waals surface area contributed by atoms with Crippen molar-refractivity contribution in [2.45, 2.75) is 19.8 Å². The Morgan fingerprint density at radius 2 is 2.56 bits per heavy atom. The summed E-state index contributed by atoms with van der Waals surface area (Å²) in [5.41, 5.74) is 0. The van der Waals surface area contributed by atoms with Gasteiger partial charge in [0.05, 0.1) is 5.76 Å². The molecule has 0 spiro atoms. The maximum atomic E-state index is 5.29. The fourth-order valence-electron chi connectivity index (χ4n) is 0.852. The Hall–Kier alpha value is -0.720. The van der Waals surface area contributed by atoms with E-state index in [0.29, 0.717) is 0 Å². The van der Waals surface area contributed by atoms with Crippen LogP contribution < -0.4 is 0 Å². The third-order valence-electron chi connectivity index (χ3n) is 1.28. The molecular formula is C8H12O. The Balaban J connectivity index is 2.43. The molecule has 0 radical (unpaired) electrons. The molecule has 1 nitrogen and oxygen atoms in total. The van der Waals surface area contributed by atoms with Crippen molar-refractivity contribution in [3.05, 3.63) is 24.0 Å². The highest BCUT2D eigenvalue weighted by molar-refractivity contribution is 5.04. The molecule has 0 aliphatic carbocycles. The topological polar surface area (TPSA) is 9.23 Å². The first kappa shape index (κ1) is 6.40. The second-order valence-corrected chi connectivity index (χ2v) is 2.07. The molecule has 1 aliphatic heterocycles. The zero-order chi connectivity index (χ0) is 6.53. The van der Waals surface area contributed by atoms with Crippen molar-refractivity contribution >= 4 is 0 Å². The van der Waals surface area contributed by atoms with E-state index in [4.69, 9.17) is 4.74 Å². The van der Waals surface area contributed by atoms with Gasteiger partial charge in [-0.25, -0.2) is 0 Å². The van der Waals surface area contributed by atoms with Crippen molar-refractivity contribution in [3.8, 4) is 0 Å². The predicted molar refractivity (Wildman–Crippen MR) is 38.1 cm³/mol. The molecule has 0 N–H and O–H groups in total. The molecule has 0 bridgehead atoms. The Morgan fingerprint density at radius 3 is 3.11 bits per heavy atom. The van der Waals surface area contributed by atoms with Gasteiger partial charge in [0, 0.05) is 6.42 Å². The quantitative estimate of drug-likeness (QED) is 0.487. The summed E-state index contributed by atoms with van der Waals surface area (Å²) in [6, 6.07) is 0. The minimum Gasteiger partial charge on any atom is -0.494 e. The van der Waals surface area contributed by atoms with Crippen molar-refractivity contribution in [1.29, 1.82) is 0 Å². The third kappa shape index (κ3) is 1.92. The van der Waals surface area contributed by atoms with Crippen LogP contribution in [0.3, 0.4) is 0 Å². The molecule has 1 heteroatoms. The third-order valence-corrected chi connectivity index (χ3v) is 1.28. The van der Waals surface area contributed by atoms with E-state index in [1.54, 1.807) is 0 Å². The second kappa shape index (κ2) is 3.33. The number of hydrogen-bond donors (Lipinski definition) is 0. The van der Waals surface area contributed by atoms with Crippen molar-refractivity contribution in [3.63, 3.8) is 0 Å². The van der Waals surface area contributed by atoms with Crippen LogP contribution >= 0.6 is 0 Å². The molecule has 0 amide bonds. The fraction of sp³-hybridized carbons (Fsp3) is 0.500. The molecule has 1 rings (SSSR count). The molecule has 0 saturated heterocycles. The maximum absolute atomic E-state index is 5.29. The lowest BCUT2D eigenvalue weighted by atomic mass is 10.2. The first-order valence-electron chi connectivity index (χ1n) is 3.40. The first-order chi connectivity index (χ1) is 4.43. The van der Waals surface area contributed by atoms with Crippen LogP contribution in [0.5, 0.6) is 0 Å². The smallest absolute Gasteiger partial charge is 0.106 e. The predicted octanol–water partition coefficient (Wildman–Crippen LogP) is 2.26. The SMILES string of the molecule is CC/C=C1/CC=CCO1. The minimum absolute atomic E-state index is 0.756. The second-order valence-electron chi connectivity index (χ2n) is 2.07. The van der Waals surface area contributed by atoms with Crippen molar-refractivity contribution in [2.24, 2.45) is 0 Å². The molecule has 1 heterocycles. The lowest BCUT2D eigenvalue weighted by molar-refractivity contribution is 0.232. The number of ether oxygens (including phenoxy) is 1. The molecule has 0 saturated carbocycles. The molecule has 0 fully saturated rings. The minimum atomic E-state index is 0.756. The lowest BCUT2D eigenvalue weighted by Crippen LogP contribution is -1.96. The summed E-state index contributed by atoms with van der Waals surface area (Å²) in [5, 5.41) is 0. The normalized spacial score (nSPS) is 22.1. The Labute approximate surface area is 56.0 Å². The van der Waals surface area contributed by atoms with Gasteiger partial charge in [-0.3, -0.25) is 0 Å². The molecule has 0 aromatic rings. The van der Waals surface area contributed by atoms with E-state index in [0.717, 1.165) is 25.2 Å². The van der Waals surface area contributed by atoms with Crippen LogP contribution in [0.15, 0.2) is 24.0 Å². The van der Waals surface area contributed by atoms with Crippen LogP contribution in [0, 0.1) is 0 Å². The average Bonchev–Trinajstić information content (AvgIpc) is 1.91. The Kier molecular flexibility index (Phi) is 2.37. The molecule has 0 atom stereocenters. The van der Waals surface area contributed by atoms with Crippen LogP contribution in [0.2, 0.25) is 0 Å². The summed E-state index contributed by atoms with van der Waals surface area (Å²) in [4.78, 5) is 0. The highest BCUT2D eigenvalue weighted by atomic mass is 16.5. The highest BCUT2D eigenvalue weighted by Crippen LogP contribution is 2.09. The molecule has 0 aromatic carbocycles. The van der Waals surface area contributed by atoms with E-state index >= 15 is 0 Å². The largest absolute Gasteiger partial charge is 0.494 e. The number of rotatable bonds is 1. The van der Waals surface area contributed by atoms with E-state index in [-0.39, 0.29) is 0 Å². The van der Waals surface area contributed by atoms with Crippen LogP contribution in [0.1, 0.15) is 19.8 Å². The van der Waals surface area contributed by atoms with Gasteiger partial charge >= 0.3 is 0 Å². The monoisotopic (exact) mass is 124 g/mol. The molecule has 1 aliphatic rings. The summed E-state index contributed by atoms with van der Waals surface area (Å²) in [6.07, 6.45) is 8.37. The van der Waals surface area contributed by atoms with Gasteiger partial charge in [-0.2, -0.15) is 0 Å². The van der Waals surface area contributed by atoms with Gasteiger partial charge in [-0.15, -0.1) is 0 Å². The van der Waals surface area contributed by atoms with Gasteiger partial charge in [-0.05, 0) is 12.5 Å². The fourth-order valence-corrected chi connectivity index (χ4v) is 0.852. The van der Waals surface area contributed by atoms with Crippen LogP contribution in [-0.2, 0) is 4.74 Å². The van der Waals surface area contributed by atoms with Gasteiger partial charge in [0.15, 0.2) is 0 Å². The van der Waals surface area contributed by atoms with E-state index in [1.807, 2.05) is 6.08 Å². The average molecular weight is 124 g/mol. The van der Waals surface area contributed by atoms with E-state index in [2.05, 4.69) is 19.1 Å². The van der Waals surface area contributed by atoms with Crippen LogP contribution in [-0.4, -0.2) is 6.61 Å². The number of allylic oxidation sites excluding steroid dienone is 2. The highest BCUT2D eigenvalue weighted by Gasteiger charge is 1.96. The molecule has 0 aromatic heterocycles. The van der Waals surface area contributed by atoms with Crippen molar-refractivity contribution in [1.82, 2.24) is 0 Å². The molecule has 0 unspecified atom stereocenters. The Morgan fingerprint density at radius 1 is 1.67 bits per heavy atom. The molecule has 50 valence electrons. The zero-order valence-corrected chi connectivity index (χ0v) is 5.76. The van der Waals surface area contributed by atoms with Gasteiger partial charge < -0.3 is 4.74 Å². The summed E-state index contributed by atoms with van der Waals surface area (Å²) in [7, 11) is 0. The van der Waals surface area contributed by atoms with Crippen molar-refractivity contribution < 1.29 is 4.74 Å². The van der Waals surface area contributed by atoms with E-state index in [9.17, 15) is 0 Å². The maximum Gasteiger partial charge on any atom is 0.106 e. The summed E-state index contributed by atoms with van der Waals surface area (Å²) >= 11 is 0. The van der Waals surface area contributed by atoms with Gasteiger partial charge in [0.1, 0.15) is 6.61 Å². The molecular weight excluding hydrogens is 112 g/mol. The van der Waals surface area contributed by atoms with Gasteiger partial charge in [0.25, 0.3) is 0 Å². The lowest BCUT2D eigenvalue weighted by Gasteiger charge is -2.09. The van der Waals surface area contributed by atoms with Crippen LogP contribution in [0.4, 0.5) is 0 Å².